The van der Waals surface area contributed by atoms with Crippen molar-refractivity contribution in [2.45, 2.75) is 25.8 Å². The van der Waals surface area contributed by atoms with Gasteiger partial charge in [-0.15, -0.1) is 0 Å². The quantitative estimate of drug-likeness (QED) is 0.464. The molecule has 2 aromatic rings. The van der Waals surface area contributed by atoms with Gasteiger partial charge in [0.1, 0.15) is 0 Å². The third-order valence-corrected chi connectivity index (χ3v) is 4.69. The first-order valence-electron chi connectivity index (χ1n) is 9.18. The highest BCUT2D eigenvalue weighted by atomic mass is 15.1. The molecule has 1 aliphatic heterocycles. The molecule has 0 bridgehead atoms. The Balaban J connectivity index is 1.32. The van der Waals surface area contributed by atoms with Crippen molar-refractivity contribution in [1.82, 2.24) is 10.2 Å². The van der Waals surface area contributed by atoms with Gasteiger partial charge in [-0.25, -0.2) is 0 Å². The van der Waals surface area contributed by atoms with Crippen LogP contribution in [-0.4, -0.2) is 37.0 Å². The highest BCUT2D eigenvalue weighted by Gasteiger charge is 2.14. The Kier molecular flexibility index (Phi) is 6.46. The predicted molar refractivity (Wildman–Crippen MR) is 105 cm³/mol. The number of nitrogens with one attached hydrogen (secondary N) is 1. The minimum Gasteiger partial charge on any atom is -0.370 e. The summed E-state index contributed by atoms with van der Waals surface area (Å²) in [6, 6.07) is 19.2. The van der Waals surface area contributed by atoms with Gasteiger partial charge in [0, 0.05) is 32.7 Å². The summed E-state index contributed by atoms with van der Waals surface area (Å²) in [5.41, 5.74) is 10.2. The maximum Gasteiger partial charge on any atom is 0.188 e. The van der Waals surface area contributed by atoms with Crippen LogP contribution in [0.2, 0.25) is 0 Å². The Morgan fingerprint density at radius 1 is 1.04 bits per heavy atom. The minimum atomic E-state index is 0.555. The van der Waals surface area contributed by atoms with Crippen LogP contribution in [0.15, 0.2) is 59.6 Å². The summed E-state index contributed by atoms with van der Waals surface area (Å²) in [5, 5.41) is 3.20. The van der Waals surface area contributed by atoms with Crippen LogP contribution in [0.5, 0.6) is 0 Å². The Bertz CT molecular complexity index is 681. The Morgan fingerprint density at radius 2 is 1.80 bits per heavy atom. The fourth-order valence-corrected chi connectivity index (χ4v) is 3.27. The SMILES string of the molecule is NC(=NCCCN1CCc2ccccc2C1)NCCc1ccccc1. The van der Waals surface area contributed by atoms with Gasteiger partial charge in [0.15, 0.2) is 5.96 Å². The minimum absolute atomic E-state index is 0.555. The van der Waals surface area contributed by atoms with E-state index in [1.54, 1.807) is 0 Å². The molecule has 2 aromatic carbocycles. The number of aliphatic imine (C=N–C) groups is 1. The topological polar surface area (TPSA) is 53.6 Å². The van der Waals surface area contributed by atoms with Gasteiger partial charge in [-0.1, -0.05) is 54.6 Å². The molecule has 4 nitrogen and oxygen atoms in total. The van der Waals surface area contributed by atoms with E-state index in [9.17, 15) is 0 Å². The van der Waals surface area contributed by atoms with Gasteiger partial charge in [0.05, 0.1) is 0 Å². The normalized spacial score (nSPS) is 15.0. The standard InChI is InChI=1S/C21H28N4/c22-21(24-14-11-18-7-2-1-3-8-18)23-13-6-15-25-16-12-19-9-4-5-10-20(19)17-25/h1-5,7-10H,6,11-17H2,(H3,22,23,24). The molecule has 0 amide bonds. The molecule has 25 heavy (non-hydrogen) atoms. The van der Waals surface area contributed by atoms with Crippen molar-refractivity contribution < 1.29 is 0 Å². The number of guanidine groups is 1. The smallest absolute Gasteiger partial charge is 0.188 e. The van der Waals surface area contributed by atoms with Gasteiger partial charge in [0.25, 0.3) is 0 Å². The van der Waals surface area contributed by atoms with E-state index in [1.165, 1.54) is 16.7 Å². The molecule has 0 atom stereocenters. The molecule has 1 aliphatic rings. The van der Waals surface area contributed by atoms with E-state index in [4.69, 9.17) is 5.73 Å². The molecule has 0 saturated carbocycles. The van der Waals surface area contributed by atoms with E-state index < -0.39 is 0 Å². The van der Waals surface area contributed by atoms with Crippen LogP contribution in [0.25, 0.3) is 0 Å². The molecule has 3 N–H and O–H groups in total. The van der Waals surface area contributed by atoms with Crippen molar-refractivity contribution in [2.75, 3.05) is 26.2 Å². The van der Waals surface area contributed by atoms with E-state index >= 15 is 0 Å². The number of nitrogens with zero attached hydrogens (tertiary/aromatic N) is 2. The third kappa shape index (κ3) is 5.61. The Morgan fingerprint density at radius 3 is 2.64 bits per heavy atom. The second-order valence-corrected chi connectivity index (χ2v) is 6.58. The molecule has 0 aliphatic carbocycles. The lowest BCUT2D eigenvalue weighted by molar-refractivity contribution is 0.252. The second-order valence-electron chi connectivity index (χ2n) is 6.58. The van der Waals surface area contributed by atoms with E-state index in [1.807, 2.05) is 6.07 Å². The number of rotatable bonds is 7. The average molecular weight is 336 g/mol. The summed E-state index contributed by atoms with van der Waals surface area (Å²) in [7, 11) is 0. The summed E-state index contributed by atoms with van der Waals surface area (Å²) >= 11 is 0. The van der Waals surface area contributed by atoms with Crippen LogP contribution >= 0.6 is 0 Å². The number of nitrogens with two attached hydrogens (primary N) is 1. The van der Waals surface area contributed by atoms with E-state index in [2.05, 4.69) is 63.7 Å². The van der Waals surface area contributed by atoms with E-state index in [0.29, 0.717) is 5.96 Å². The van der Waals surface area contributed by atoms with Crippen molar-refractivity contribution >= 4 is 5.96 Å². The lowest BCUT2D eigenvalue weighted by atomic mass is 10.00. The summed E-state index contributed by atoms with van der Waals surface area (Å²) in [4.78, 5) is 6.95. The Hall–Kier alpha value is -2.33. The highest BCUT2D eigenvalue weighted by Crippen LogP contribution is 2.18. The zero-order chi connectivity index (χ0) is 17.3. The van der Waals surface area contributed by atoms with Gasteiger partial charge in [-0.2, -0.15) is 0 Å². The monoisotopic (exact) mass is 336 g/mol. The first kappa shape index (κ1) is 17.5. The molecular weight excluding hydrogens is 308 g/mol. The largest absolute Gasteiger partial charge is 0.370 e. The molecule has 1 heterocycles. The molecule has 0 aromatic heterocycles. The van der Waals surface area contributed by atoms with Crippen LogP contribution in [0, 0.1) is 0 Å². The Labute approximate surface area is 150 Å². The van der Waals surface area contributed by atoms with Crippen molar-refractivity contribution in [2.24, 2.45) is 10.7 Å². The van der Waals surface area contributed by atoms with Crippen LogP contribution in [-0.2, 0) is 19.4 Å². The molecule has 132 valence electrons. The first-order chi connectivity index (χ1) is 12.3. The summed E-state index contributed by atoms with van der Waals surface area (Å²) in [5.74, 6) is 0.555. The fraction of sp³-hybridized carbons (Fsp3) is 0.381. The van der Waals surface area contributed by atoms with Crippen molar-refractivity contribution in [3.63, 3.8) is 0 Å². The van der Waals surface area contributed by atoms with Gasteiger partial charge >= 0.3 is 0 Å². The maximum atomic E-state index is 5.95. The van der Waals surface area contributed by atoms with E-state index in [-0.39, 0.29) is 0 Å². The fourth-order valence-electron chi connectivity index (χ4n) is 3.27. The highest BCUT2D eigenvalue weighted by molar-refractivity contribution is 5.77. The van der Waals surface area contributed by atoms with Gasteiger partial charge in [-0.3, -0.25) is 9.89 Å². The summed E-state index contributed by atoms with van der Waals surface area (Å²) in [6.07, 6.45) is 3.16. The van der Waals surface area contributed by atoms with Crippen molar-refractivity contribution in [1.29, 1.82) is 0 Å². The van der Waals surface area contributed by atoms with Gasteiger partial charge < -0.3 is 11.1 Å². The maximum absolute atomic E-state index is 5.95. The molecule has 0 unspecified atom stereocenters. The molecule has 0 spiro atoms. The average Bonchev–Trinajstić information content (AvgIpc) is 2.66. The number of hydrogen-bond acceptors (Lipinski definition) is 2. The molecular formula is C21H28N4. The second kappa shape index (κ2) is 9.23. The molecule has 4 heteroatoms. The number of hydrogen-bond donors (Lipinski definition) is 2. The zero-order valence-electron chi connectivity index (χ0n) is 14.8. The van der Waals surface area contributed by atoms with Crippen LogP contribution in [0.1, 0.15) is 23.1 Å². The van der Waals surface area contributed by atoms with E-state index in [0.717, 1.165) is 52.0 Å². The van der Waals surface area contributed by atoms with Crippen molar-refractivity contribution in [3.8, 4) is 0 Å². The third-order valence-electron chi connectivity index (χ3n) is 4.69. The van der Waals surface area contributed by atoms with Gasteiger partial charge in [0.2, 0.25) is 0 Å². The summed E-state index contributed by atoms with van der Waals surface area (Å²) in [6.45, 7) is 4.88. The molecule has 0 saturated heterocycles. The van der Waals surface area contributed by atoms with Crippen LogP contribution in [0.3, 0.4) is 0 Å². The number of benzene rings is 2. The first-order valence-corrected chi connectivity index (χ1v) is 9.18. The lowest BCUT2D eigenvalue weighted by Crippen LogP contribution is -2.34. The lowest BCUT2D eigenvalue weighted by Gasteiger charge is -2.28. The number of fused-ring (bicyclic) bond motifs is 1. The molecule has 0 radical (unpaired) electrons. The van der Waals surface area contributed by atoms with Crippen LogP contribution < -0.4 is 11.1 Å². The van der Waals surface area contributed by atoms with Crippen molar-refractivity contribution in [3.05, 3.63) is 71.3 Å². The van der Waals surface area contributed by atoms with Gasteiger partial charge in [-0.05, 0) is 36.0 Å². The summed E-state index contributed by atoms with van der Waals surface area (Å²) < 4.78 is 0. The zero-order valence-corrected chi connectivity index (χ0v) is 14.8. The predicted octanol–water partition coefficient (Wildman–Crippen LogP) is 2.58. The molecule has 3 rings (SSSR count). The molecule has 0 fully saturated rings. The van der Waals surface area contributed by atoms with Crippen LogP contribution in [0.4, 0.5) is 0 Å².